The van der Waals surface area contributed by atoms with E-state index in [0.29, 0.717) is 17.2 Å². The van der Waals surface area contributed by atoms with Crippen LogP contribution in [0.2, 0.25) is 0 Å². The fraction of sp³-hybridized carbons (Fsp3) is 0. The van der Waals surface area contributed by atoms with Crippen LogP contribution in [0.15, 0.2) is 101 Å². The molecule has 0 aromatic heterocycles. The number of hydrogen-bond donors (Lipinski definition) is 0. The van der Waals surface area contributed by atoms with Crippen LogP contribution in [0.1, 0.15) is 11.1 Å². The van der Waals surface area contributed by atoms with E-state index in [1.807, 2.05) is 78.9 Å². The lowest BCUT2D eigenvalue weighted by molar-refractivity contribution is 0.220. The molecule has 0 amide bonds. The minimum Gasteiger partial charge on any atom is -0.405 e. The molecule has 0 atom stereocenters. The van der Waals surface area contributed by atoms with Crippen molar-refractivity contribution in [3.8, 4) is 5.75 Å². The Labute approximate surface area is 162 Å². The quantitative estimate of drug-likeness (QED) is 0.575. The molecule has 1 aliphatic heterocycles. The van der Waals surface area contributed by atoms with E-state index in [0.717, 1.165) is 11.1 Å². The van der Waals surface area contributed by atoms with Crippen LogP contribution in [0.5, 0.6) is 5.75 Å². The molecule has 0 saturated carbocycles. The zero-order valence-electron chi connectivity index (χ0n) is 14.1. The van der Waals surface area contributed by atoms with E-state index in [2.05, 4.69) is 10.3 Å². The Morgan fingerprint density at radius 2 is 1.04 bits per heavy atom. The van der Waals surface area contributed by atoms with E-state index in [-0.39, 0.29) is 0 Å². The van der Waals surface area contributed by atoms with Gasteiger partial charge in [-0.2, -0.15) is 0 Å². The van der Waals surface area contributed by atoms with Gasteiger partial charge >= 0.3 is 6.72 Å². The molecular weight excluding hydrogens is 379 g/mol. The fourth-order valence-corrected chi connectivity index (χ4v) is 3.80. The van der Waals surface area contributed by atoms with Crippen molar-refractivity contribution in [2.45, 2.75) is 0 Å². The van der Waals surface area contributed by atoms with Gasteiger partial charge in [-0.05, 0) is 12.1 Å². The summed E-state index contributed by atoms with van der Waals surface area (Å²) in [7, 11) is 0. The summed E-state index contributed by atoms with van der Waals surface area (Å²) in [6, 6.07) is 28.3. The Hall–Kier alpha value is -2.95. The second-order valence-electron chi connectivity index (χ2n) is 5.63. The van der Waals surface area contributed by atoms with Gasteiger partial charge in [0.2, 0.25) is 0 Å². The number of para-hydroxylation sites is 1. The lowest BCUT2D eigenvalue weighted by Gasteiger charge is -2.15. The predicted molar refractivity (Wildman–Crippen MR) is 109 cm³/mol. The number of hydrogen-bond acceptors (Lipinski definition) is 6. The molecule has 7 heteroatoms. The van der Waals surface area contributed by atoms with Crippen molar-refractivity contribution in [2.24, 2.45) is 10.3 Å². The van der Waals surface area contributed by atoms with E-state index in [1.54, 1.807) is 12.1 Å². The standard InChI is InChI=1S/C20H15N2O3PS/c27-26(23-18-14-8-3-9-15-18)24-21-19(16-10-4-1-5-11-16)20(22-25-26)17-12-6-2-7-13-17/h1-15H. The lowest BCUT2D eigenvalue weighted by atomic mass is 10.0. The van der Waals surface area contributed by atoms with Crippen molar-refractivity contribution in [3.63, 3.8) is 0 Å². The van der Waals surface area contributed by atoms with Gasteiger partial charge in [-0.25, -0.2) is 0 Å². The molecule has 27 heavy (non-hydrogen) atoms. The highest BCUT2D eigenvalue weighted by Gasteiger charge is 2.31. The topological polar surface area (TPSA) is 52.4 Å². The first-order valence-corrected chi connectivity index (χ1v) is 10.8. The third kappa shape index (κ3) is 4.08. The molecule has 3 aromatic rings. The number of nitrogens with zero attached hydrogens (tertiary/aromatic N) is 2. The zero-order valence-corrected chi connectivity index (χ0v) is 15.8. The predicted octanol–water partition coefficient (Wildman–Crippen LogP) is 5.15. The van der Waals surface area contributed by atoms with Gasteiger partial charge in [0.25, 0.3) is 0 Å². The van der Waals surface area contributed by atoms with Crippen LogP contribution in [0.3, 0.4) is 0 Å². The van der Waals surface area contributed by atoms with E-state index in [1.165, 1.54) is 0 Å². The van der Waals surface area contributed by atoms with Gasteiger partial charge in [-0.15, -0.1) is 0 Å². The molecule has 0 spiro atoms. The summed E-state index contributed by atoms with van der Waals surface area (Å²) in [5.74, 6) is 0.538. The van der Waals surface area contributed by atoms with Crippen molar-refractivity contribution in [1.29, 1.82) is 0 Å². The number of oxime groups is 2. The minimum absolute atomic E-state index is 0.533. The summed E-state index contributed by atoms with van der Waals surface area (Å²) < 4.78 is 16.9. The molecule has 0 unspecified atom stereocenters. The van der Waals surface area contributed by atoms with Crippen LogP contribution < -0.4 is 4.52 Å². The molecule has 0 bridgehead atoms. The van der Waals surface area contributed by atoms with Crippen molar-refractivity contribution in [1.82, 2.24) is 0 Å². The largest absolute Gasteiger partial charge is 0.531 e. The molecule has 0 saturated heterocycles. The van der Waals surface area contributed by atoms with Crippen LogP contribution >= 0.6 is 6.72 Å². The zero-order chi connectivity index (χ0) is 18.5. The molecule has 1 aliphatic rings. The third-order valence-corrected chi connectivity index (χ3v) is 5.36. The van der Waals surface area contributed by atoms with Gasteiger partial charge in [0.05, 0.1) is 0 Å². The van der Waals surface area contributed by atoms with Crippen LogP contribution in [0, 0.1) is 0 Å². The molecule has 134 valence electrons. The van der Waals surface area contributed by atoms with E-state index >= 15 is 0 Å². The van der Waals surface area contributed by atoms with Crippen LogP contribution in [-0.2, 0) is 21.1 Å². The Kier molecular flexibility index (Phi) is 5.01. The van der Waals surface area contributed by atoms with Crippen molar-refractivity contribution < 1.29 is 13.8 Å². The van der Waals surface area contributed by atoms with Crippen LogP contribution in [-0.4, -0.2) is 11.4 Å². The maximum atomic E-state index is 5.76. The molecule has 3 aromatic carbocycles. The first-order chi connectivity index (χ1) is 13.2. The Balaban J connectivity index is 1.74. The highest BCUT2D eigenvalue weighted by atomic mass is 32.5. The van der Waals surface area contributed by atoms with Gasteiger partial charge in [0, 0.05) is 22.9 Å². The van der Waals surface area contributed by atoms with E-state index < -0.39 is 6.72 Å². The van der Waals surface area contributed by atoms with Crippen LogP contribution in [0.25, 0.3) is 0 Å². The van der Waals surface area contributed by atoms with Crippen LogP contribution in [0.4, 0.5) is 0 Å². The summed E-state index contributed by atoms with van der Waals surface area (Å²) >= 11 is 5.46. The Bertz CT molecular complexity index is 963. The summed E-state index contributed by atoms with van der Waals surface area (Å²) in [6.45, 7) is -3.24. The van der Waals surface area contributed by atoms with Gasteiger partial charge in [0.1, 0.15) is 17.2 Å². The molecule has 0 radical (unpaired) electrons. The maximum absolute atomic E-state index is 5.76. The van der Waals surface area contributed by atoms with Gasteiger partial charge in [-0.3, -0.25) is 9.25 Å². The normalized spacial score (nSPS) is 15.4. The average molecular weight is 394 g/mol. The first kappa shape index (κ1) is 17.5. The lowest BCUT2D eigenvalue weighted by Crippen LogP contribution is -2.16. The fourth-order valence-electron chi connectivity index (χ4n) is 2.50. The Morgan fingerprint density at radius 1 is 0.630 bits per heavy atom. The number of benzene rings is 3. The van der Waals surface area contributed by atoms with Gasteiger partial charge in [0.15, 0.2) is 0 Å². The smallest absolute Gasteiger partial charge is 0.405 e. The SMILES string of the molecule is S=P1(Oc2ccccc2)ON=C(c2ccccc2)C(c2ccccc2)=NO1. The summed E-state index contributed by atoms with van der Waals surface area (Å²) in [4.78, 5) is 0. The second-order valence-corrected chi connectivity index (χ2v) is 8.37. The van der Waals surface area contributed by atoms with Crippen molar-refractivity contribution >= 4 is 29.9 Å². The van der Waals surface area contributed by atoms with Crippen molar-refractivity contribution in [3.05, 3.63) is 102 Å². The minimum atomic E-state index is -3.24. The molecule has 5 nitrogen and oxygen atoms in total. The first-order valence-electron chi connectivity index (χ1n) is 8.23. The summed E-state index contributed by atoms with van der Waals surface area (Å²) in [6.07, 6.45) is 0. The summed E-state index contributed by atoms with van der Waals surface area (Å²) in [5.41, 5.74) is 2.74. The second kappa shape index (κ2) is 7.74. The van der Waals surface area contributed by atoms with Gasteiger partial charge in [-0.1, -0.05) is 89.2 Å². The molecule has 4 rings (SSSR count). The highest BCUT2D eigenvalue weighted by Crippen LogP contribution is 2.51. The molecule has 0 fully saturated rings. The van der Waals surface area contributed by atoms with Gasteiger partial charge < -0.3 is 4.52 Å². The van der Waals surface area contributed by atoms with Crippen molar-refractivity contribution in [2.75, 3.05) is 0 Å². The molecular formula is C20H15N2O3PS. The van der Waals surface area contributed by atoms with E-state index in [4.69, 9.17) is 25.6 Å². The summed E-state index contributed by atoms with van der Waals surface area (Å²) in [5, 5.41) is 8.56. The third-order valence-electron chi connectivity index (χ3n) is 3.74. The molecule has 0 aliphatic carbocycles. The van der Waals surface area contributed by atoms with E-state index in [9.17, 15) is 0 Å². The number of rotatable bonds is 4. The Morgan fingerprint density at radius 3 is 1.48 bits per heavy atom. The highest BCUT2D eigenvalue weighted by molar-refractivity contribution is 8.07. The monoisotopic (exact) mass is 394 g/mol. The molecule has 1 heterocycles. The molecule has 0 N–H and O–H groups in total. The average Bonchev–Trinajstić information content (AvgIpc) is 2.89. The maximum Gasteiger partial charge on any atom is 0.531 e.